The molecule has 1 aliphatic heterocycles. The van der Waals surface area contributed by atoms with Gasteiger partial charge in [0.2, 0.25) is 0 Å². The zero-order valence-electron chi connectivity index (χ0n) is 12.6. The van der Waals surface area contributed by atoms with E-state index in [1.807, 2.05) is 12.1 Å². The van der Waals surface area contributed by atoms with Gasteiger partial charge < -0.3 is 10.5 Å². The number of rotatable bonds is 1. The van der Waals surface area contributed by atoms with E-state index < -0.39 is 18.1 Å². The number of benzene rings is 1. The van der Waals surface area contributed by atoms with Gasteiger partial charge in [-0.25, -0.2) is 9.98 Å². The Kier molecular flexibility index (Phi) is 3.28. The number of nitrogens with two attached hydrogens (primary N) is 1. The van der Waals surface area contributed by atoms with Crippen molar-refractivity contribution in [2.45, 2.75) is 24.3 Å². The maximum Gasteiger partial charge on any atom is 0.310 e. The third-order valence-electron chi connectivity index (χ3n) is 4.68. The number of aryl methyl sites for hydroxylation is 1. The Hall–Kier alpha value is -2.21. The number of hydrogen-bond donors (Lipinski definition) is 1. The number of halogens is 3. The van der Waals surface area contributed by atoms with Gasteiger partial charge in [-0.3, -0.25) is 0 Å². The van der Waals surface area contributed by atoms with Crippen LogP contribution >= 0.6 is 11.6 Å². The summed E-state index contributed by atoms with van der Waals surface area (Å²) >= 11 is 5.93. The highest BCUT2D eigenvalue weighted by Crippen LogP contribution is 2.52. The lowest BCUT2D eigenvalue weighted by Gasteiger charge is -2.37. The van der Waals surface area contributed by atoms with Crippen LogP contribution in [0.4, 0.5) is 8.78 Å². The average molecular weight is 350 g/mol. The van der Waals surface area contributed by atoms with E-state index in [1.54, 1.807) is 24.4 Å². The monoisotopic (exact) mass is 349 g/mol. The molecule has 0 fully saturated rings. The molecule has 2 aliphatic rings. The largest absolute Gasteiger partial charge is 0.459 e. The van der Waals surface area contributed by atoms with E-state index in [9.17, 15) is 8.78 Å². The molecule has 0 radical (unpaired) electrons. The number of nitrogens with zero attached hydrogens (tertiary/aromatic N) is 2. The van der Waals surface area contributed by atoms with E-state index >= 15 is 0 Å². The number of aliphatic imine (C=N–C) groups is 1. The van der Waals surface area contributed by atoms with Crippen molar-refractivity contribution in [2.75, 3.05) is 6.61 Å². The maximum atomic E-state index is 14.7. The van der Waals surface area contributed by atoms with Gasteiger partial charge in [0.15, 0.2) is 12.1 Å². The van der Waals surface area contributed by atoms with Crippen LogP contribution in [0.3, 0.4) is 0 Å². The molecule has 4 rings (SSSR count). The van der Waals surface area contributed by atoms with Gasteiger partial charge in [-0.05, 0) is 53.3 Å². The molecule has 0 bridgehead atoms. The Morgan fingerprint density at radius 1 is 1.17 bits per heavy atom. The fourth-order valence-corrected chi connectivity index (χ4v) is 3.65. The quantitative estimate of drug-likeness (QED) is 0.801. The maximum absolute atomic E-state index is 14.7. The summed E-state index contributed by atoms with van der Waals surface area (Å²) in [5.41, 5.74) is 6.91. The molecular weight excluding hydrogens is 336 g/mol. The fraction of sp³-hybridized carbons (Fsp3) is 0.294. The standard InChI is InChI=1S/C17H14ClF2N3O/c18-14-8-12(4-6-22-14)11-2-1-10-3-5-16(13(10)7-11)17(19,20)9-24-15(21)23-16/h1-2,4,6-8H,3,5,9H2,(H2,21,23)/t16-/m1/s1. The Morgan fingerprint density at radius 3 is 2.75 bits per heavy atom. The van der Waals surface area contributed by atoms with Crippen molar-refractivity contribution in [3.05, 3.63) is 52.8 Å². The van der Waals surface area contributed by atoms with Gasteiger partial charge in [0.25, 0.3) is 6.02 Å². The number of alkyl halides is 2. The predicted octanol–water partition coefficient (Wildman–Crippen LogP) is 3.52. The van der Waals surface area contributed by atoms with Gasteiger partial charge >= 0.3 is 5.92 Å². The first-order valence-corrected chi connectivity index (χ1v) is 7.90. The Labute approximate surface area is 142 Å². The highest BCUT2D eigenvalue weighted by atomic mass is 35.5. The minimum Gasteiger partial charge on any atom is -0.459 e. The van der Waals surface area contributed by atoms with Gasteiger partial charge in [0.1, 0.15) is 5.15 Å². The number of ether oxygens (including phenoxy) is 1. The highest BCUT2D eigenvalue weighted by molar-refractivity contribution is 6.29. The summed E-state index contributed by atoms with van der Waals surface area (Å²) in [5, 5.41) is 0.348. The fourth-order valence-electron chi connectivity index (χ4n) is 3.47. The van der Waals surface area contributed by atoms with Gasteiger partial charge in [0, 0.05) is 6.20 Å². The van der Waals surface area contributed by atoms with Crippen molar-refractivity contribution < 1.29 is 13.5 Å². The van der Waals surface area contributed by atoms with E-state index in [1.165, 1.54) is 0 Å². The summed E-state index contributed by atoms with van der Waals surface area (Å²) in [4.78, 5) is 7.99. The Bertz CT molecular complexity index is 855. The summed E-state index contributed by atoms with van der Waals surface area (Å²) in [6, 6.07) is 8.81. The van der Waals surface area contributed by atoms with Crippen molar-refractivity contribution >= 4 is 17.6 Å². The summed E-state index contributed by atoms with van der Waals surface area (Å²) in [7, 11) is 0. The molecule has 2 N–H and O–H groups in total. The summed E-state index contributed by atoms with van der Waals surface area (Å²) in [5.74, 6) is -3.12. The molecule has 0 saturated heterocycles. The van der Waals surface area contributed by atoms with Crippen molar-refractivity contribution in [3.8, 4) is 11.1 Å². The second-order valence-electron chi connectivity index (χ2n) is 6.04. The minimum atomic E-state index is -3.12. The third-order valence-corrected chi connectivity index (χ3v) is 4.89. The molecular formula is C17H14ClF2N3O. The van der Waals surface area contributed by atoms with Gasteiger partial charge in [-0.2, -0.15) is 8.78 Å². The van der Waals surface area contributed by atoms with Crippen LogP contribution < -0.4 is 5.73 Å². The van der Waals surface area contributed by atoms with Crippen molar-refractivity contribution in [3.63, 3.8) is 0 Å². The smallest absolute Gasteiger partial charge is 0.310 e. The van der Waals surface area contributed by atoms with E-state index in [0.717, 1.165) is 16.7 Å². The van der Waals surface area contributed by atoms with Gasteiger partial charge in [-0.1, -0.05) is 23.7 Å². The van der Waals surface area contributed by atoms with Crippen molar-refractivity contribution in [1.82, 2.24) is 4.98 Å². The van der Waals surface area contributed by atoms with Crippen molar-refractivity contribution in [2.24, 2.45) is 10.7 Å². The SMILES string of the molecule is NC1=N[C@@]2(CCc3ccc(-c4ccnc(Cl)c4)cc32)C(F)(F)CO1. The third kappa shape index (κ3) is 2.17. The van der Waals surface area contributed by atoms with Crippen LogP contribution in [0.2, 0.25) is 5.15 Å². The summed E-state index contributed by atoms with van der Waals surface area (Å²) in [6.45, 7) is -0.757. The van der Waals surface area contributed by atoms with Crippen LogP contribution in [0.5, 0.6) is 0 Å². The van der Waals surface area contributed by atoms with E-state index in [4.69, 9.17) is 22.1 Å². The molecule has 1 spiro atoms. The Morgan fingerprint density at radius 2 is 1.96 bits per heavy atom. The van der Waals surface area contributed by atoms with Gasteiger partial charge in [0.05, 0.1) is 0 Å². The molecule has 4 nitrogen and oxygen atoms in total. The first kappa shape index (κ1) is 15.3. The van der Waals surface area contributed by atoms with Crippen LogP contribution in [0, 0.1) is 0 Å². The predicted molar refractivity (Wildman–Crippen MR) is 87.2 cm³/mol. The summed E-state index contributed by atoms with van der Waals surface area (Å²) < 4.78 is 34.2. The zero-order chi connectivity index (χ0) is 16.9. The lowest BCUT2D eigenvalue weighted by Crippen LogP contribution is -2.51. The van der Waals surface area contributed by atoms with Crippen LogP contribution in [-0.2, 0) is 16.7 Å². The average Bonchev–Trinajstić information content (AvgIpc) is 2.91. The Balaban J connectivity index is 1.89. The van der Waals surface area contributed by atoms with Crippen LogP contribution in [-0.4, -0.2) is 23.5 Å². The molecule has 2 aromatic rings. The van der Waals surface area contributed by atoms with Crippen LogP contribution in [0.15, 0.2) is 41.5 Å². The molecule has 0 unspecified atom stereocenters. The molecule has 7 heteroatoms. The van der Waals surface area contributed by atoms with Crippen LogP contribution in [0.1, 0.15) is 17.5 Å². The lowest BCUT2D eigenvalue weighted by molar-refractivity contribution is -0.121. The second-order valence-corrected chi connectivity index (χ2v) is 6.43. The first-order valence-electron chi connectivity index (χ1n) is 7.53. The van der Waals surface area contributed by atoms with E-state index in [-0.39, 0.29) is 12.4 Å². The second kappa shape index (κ2) is 5.14. The normalized spacial score (nSPS) is 24.4. The molecule has 1 atom stereocenters. The molecule has 1 aliphatic carbocycles. The van der Waals surface area contributed by atoms with Crippen molar-refractivity contribution in [1.29, 1.82) is 0 Å². The summed E-state index contributed by atoms with van der Waals surface area (Å²) in [6.07, 6.45) is 2.32. The number of hydrogen-bond acceptors (Lipinski definition) is 4. The number of pyridine rings is 1. The molecule has 24 heavy (non-hydrogen) atoms. The molecule has 2 heterocycles. The molecule has 1 aromatic heterocycles. The van der Waals surface area contributed by atoms with Gasteiger partial charge in [-0.15, -0.1) is 0 Å². The number of aromatic nitrogens is 1. The number of amidine groups is 1. The molecule has 1 aromatic carbocycles. The zero-order valence-corrected chi connectivity index (χ0v) is 13.4. The first-order chi connectivity index (χ1) is 11.4. The van der Waals surface area contributed by atoms with E-state index in [2.05, 4.69) is 9.98 Å². The molecule has 0 saturated carbocycles. The van der Waals surface area contributed by atoms with E-state index in [0.29, 0.717) is 17.1 Å². The van der Waals surface area contributed by atoms with Crippen LogP contribution in [0.25, 0.3) is 11.1 Å². The minimum absolute atomic E-state index is 0.189. The molecule has 124 valence electrons. The molecule has 0 amide bonds. The lowest BCUT2D eigenvalue weighted by atomic mass is 9.84. The number of fused-ring (bicyclic) bond motifs is 2. The highest BCUT2D eigenvalue weighted by Gasteiger charge is 2.60. The topological polar surface area (TPSA) is 60.5 Å².